The average molecular weight is 356 g/mol. The summed E-state index contributed by atoms with van der Waals surface area (Å²) in [6, 6.07) is 6.17. The molecule has 8 nitrogen and oxygen atoms in total. The highest BCUT2D eigenvalue weighted by Gasteiger charge is 2.47. The number of hydrogen-bond donors (Lipinski definition) is 2. The molecule has 0 fully saturated rings. The third-order valence-corrected chi connectivity index (χ3v) is 5.05. The number of aromatic nitrogens is 1. The Morgan fingerprint density at radius 2 is 1.69 bits per heavy atom. The highest BCUT2D eigenvalue weighted by Crippen LogP contribution is 2.59. The molecule has 1 heterocycles. The van der Waals surface area contributed by atoms with Crippen LogP contribution in [0.2, 0.25) is 0 Å². The number of nitroso groups, excluding NO2 is 1. The molecule has 1 aromatic carbocycles. The first-order valence-electron chi connectivity index (χ1n) is 8.13. The zero-order valence-electron chi connectivity index (χ0n) is 13.8. The predicted octanol–water partition coefficient (Wildman–Crippen LogP) is 3.45. The topological polar surface area (TPSA) is 110 Å². The first kappa shape index (κ1) is 16.2. The molecule has 2 bridgehead atoms. The summed E-state index contributed by atoms with van der Waals surface area (Å²) in [6.07, 6.45) is 2.89. The monoisotopic (exact) mass is 356 g/mol. The summed E-state index contributed by atoms with van der Waals surface area (Å²) >= 11 is 0. The van der Waals surface area contributed by atoms with Crippen molar-refractivity contribution in [1.82, 2.24) is 4.73 Å². The molecule has 0 aliphatic heterocycles. The van der Waals surface area contributed by atoms with Crippen molar-refractivity contribution in [3.8, 4) is 11.8 Å². The summed E-state index contributed by atoms with van der Waals surface area (Å²) in [6.45, 7) is 1.95. The molecule has 1 aromatic heterocycles. The van der Waals surface area contributed by atoms with Crippen LogP contribution in [-0.2, 0) is 11.3 Å². The smallest absolute Gasteiger partial charge is 0.492 e. The maximum absolute atomic E-state index is 11.9. The Morgan fingerprint density at radius 3 is 2.23 bits per heavy atom. The van der Waals surface area contributed by atoms with E-state index in [0.29, 0.717) is 21.4 Å². The number of ether oxygens (including phenoxy) is 1. The van der Waals surface area contributed by atoms with E-state index in [1.807, 2.05) is 19.1 Å². The van der Waals surface area contributed by atoms with E-state index in [9.17, 15) is 19.9 Å². The van der Waals surface area contributed by atoms with Crippen LogP contribution in [0.1, 0.15) is 35.4 Å². The number of hydrogen-bond acceptors (Lipinski definition) is 7. The van der Waals surface area contributed by atoms with Gasteiger partial charge < -0.3 is 14.9 Å². The van der Waals surface area contributed by atoms with Gasteiger partial charge in [0.15, 0.2) is 0 Å². The van der Waals surface area contributed by atoms with Gasteiger partial charge in [-0.2, -0.15) is 0 Å². The number of allylic oxidation sites excluding steroid dienone is 2. The Labute approximate surface area is 148 Å². The Bertz CT molecular complexity index is 877. The van der Waals surface area contributed by atoms with Gasteiger partial charge >= 0.3 is 6.16 Å². The van der Waals surface area contributed by atoms with Gasteiger partial charge in [-0.3, -0.25) is 4.84 Å². The number of nitrogens with zero attached hydrogens (tertiary/aromatic N) is 2. The molecule has 2 N–H and O–H groups in total. The molecule has 0 radical (unpaired) electrons. The highest BCUT2D eigenvalue weighted by molar-refractivity contribution is 5.63. The van der Waals surface area contributed by atoms with Crippen molar-refractivity contribution in [2.45, 2.75) is 25.4 Å². The molecule has 8 heteroatoms. The second-order valence-electron chi connectivity index (χ2n) is 6.45. The first-order valence-corrected chi connectivity index (χ1v) is 8.13. The van der Waals surface area contributed by atoms with Crippen LogP contribution < -0.4 is 4.84 Å². The van der Waals surface area contributed by atoms with Gasteiger partial charge in [-0.15, -0.1) is 9.64 Å². The molecule has 26 heavy (non-hydrogen) atoms. The van der Waals surface area contributed by atoms with Crippen LogP contribution in [0.3, 0.4) is 0 Å². The largest absolute Gasteiger partial charge is 0.534 e. The van der Waals surface area contributed by atoms with Gasteiger partial charge in [0, 0.05) is 23.0 Å². The molecule has 2 unspecified atom stereocenters. The summed E-state index contributed by atoms with van der Waals surface area (Å²) in [5.74, 6) is -0.347. The fraction of sp³-hybridized carbons (Fsp3) is 0.278. The van der Waals surface area contributed by atoms with Gasteiger partial charge in [0.05, 0.1) is 0 Å². The average Bonchev–Trinajstić information content (AvgIpc) is 3.24. The number of carbonyl (C=O) groups excluding carboxylic acids is 1. The molecule has 4 rings (SSSR count). The second kappa shape index (κ2) is 5.91. The summed E-state index contributed by atoms with van der Waals surface area (Å²) in [4.78, 5) is 27.2. The van der Waals surface area contributed by atoms with E-state index < -0.39 is 6.16 Å². The Morgan fingerprint density at radius 1 is 1.12 bits per heavy atom. The fourth-order valence-electron chi connectivity index (χ4n) is 3.73. The second-order valence-corrected chi connectivity index (χ2v) is 6.45. The van der Waals surface area contributed by atoms with E-state index in [1.54, 1.807) is 12.1 Å². The Hall–Kier alpha value is -3.29. The minimum Gasteiger partial charge on any atom is -0.492 e. The summed E-state index contributed by atoms with van der Waals surface area (Å²) in [5.41, 5.74) is 2.08. The Kier molecular flexibility index (Phi) is 3.68. The lowest BCUT2D eigenvalue weighted by atomic mass is 9.96. The van der Waals surface area contributed by atoms with Gasteiger partial charge in [0.2, 0.25) is 11.8 Å². The zero-order valence-corrected chi connectivity index (χ0v) is 13.8. The van der Waals surface area contributed by atoms with Crippen molar-refractivity contribution in [2.75, 3.05) is 0 Å². The number of fused-ring (bicyclic) bond motifs is 5. The molecule has 0 saturated heterocycles. The fourth-order valence-corrected chi connectivity index (χ4v) is 3.73. The molecule has 2 aliphatic rings. The SMILES string of the molecule is CC1C2C=CC1c1c2c(O)n(OC(=O)OCc2ccc(N=O)cc2)c1O. The number of benzene rings is 1. The molecule has 0 spiro atoms. The van der Waals surface area contributed by atoms with Gasteiger partial charge in [0.25, 0.3) is 0 Å². The standard InChI is InChI=1S/C18H16N2O6/c1-9-12-6-7-13(9)15-14(12)16(21)20(17(15)22)26-18(23)25-8-10-2-4-11(19-24)5-3-10/h2-7,9,12-13,21-22H,8H2,1H3. The van der Waals surface area contributed by atoms with Crippen LogP contribution in [0.4, 0.5) is 10.5 Å². The lowest BCUT2D eigenvalue weighted by Gasteiger charge is -2.13. The quantitative estimate of drug-likeness (QED) is 0.493. The summed E-state index contributed by atoms with van der Waals surface area (Å²) in [5, 5.41) is 23.5. The van der Waals surface area contributed by atoms with Crippen molar-refractivity contribution < 1.29 is 24.6 Å². The van der Waals surface area contributed by atoms with E-state index in [-0.39, 0.29) is 41.8 Å². The van der Waals surface area contributed by atoms with Crippen LogP contribution in [-0.4, -0.2) is 21.1 Å². The maximum atomic E-state index is 11.9. The van der Waals surface area contributed by atoms with Crippen LogP contribution in [0.25, 0.3) is 0 Å². The number of carbonyl (C=O) groups is 1. The third kappa shape index (κ3) is 2.33. The van der Waals surface area contributed by atoms with Crippen LogP contribution in [0.15, 0.2) is 41.6 Å². The lowest BCUT2D eigenvalue weighted by Crippen LogP contribution is -2.20. The van der Waals surface area contributed by atoms with E-state index >= 15 is 0 Å². The summed E-state index contributed by atoms with van der Waals surface area (Å²) < 4.78 is 5.68. The van der Waals surface area contributed by atoms with E-state index in [4.69, 9.17) is 9.57 Å². The van der Waals surface area contributed by atoms with E-state index in [0.717, 1.165) is 0 Å². The van der Waals surface area contributed by atoms with Gasteiger partial charge in [-0.25, -0.2) is 4.79 Å². The van der Waals surface area contributed by atoms with E-state index in [2.05, 4.69) is 5.18 Å². The van der Waals surface area contributed by atoms with E-state index in [1.165, 1.54) is 12.1 Å². The lowest BCUT2D eigenvalue weighted by molar-refractivity contribution is 0.0305. The molecule has 134 valence electrons. The first-order chi connectivity index (χ1) is 12.5. The molecular formula is C18H16N2O6. The van der Waals surface area contributed by atoms with Crippen LogP contribution >= 0.6 is 0 Å². The number of rotatable bonds is 4. The summed E-state index contributed by atoms with van der Waals surface area (Å²) in [7, 11) is 0. The third-order valence-electron chi connectivity index (χ3n) is 5.05. The van der Waals surface area contributed by atoms with Crippen molar-refractivity contribution in [3.05, 3.63) is 58.0 Å². The van der Waals surface area contributed by atoms with Crippen molar-refractivity contribution >= 4 is 11.8 Å². The van der Waals surface area contributed by atoms with Crippen molar-refractivity contribution in [3.63, 3.8) is 0 Å². The highest BCUT2D eigenvalue weighted by atomic mass is 16.8. The molecule has 2 aromatic rings. The molecule has 2 aliphatic carbocycles. The molecular weight excluding hydrogens is 340 g/mol. The zero-order chi connectivity index (χ0) is 18.4. The molecule has 0 amide bonds. The Balaban J connectivity index is 1.46. The van der Waals surface area contributed by atoms with Gasteiger partial charge in [0.1, 0.15) is 12.3 Å². The maximum Gasteiger partial charge on any atom is 0.534 e. The van der Waals surface area contributed by atoms with Crippen LogP contribution in [0.5, 0.6) is 11.8 Å². The predicted molar refractivity (Wildman–Crippen MR) is 90.2 cm³/mol. The molecule has 2 atom stereocenters. The minimum atomic E-state index is -1.07. The minimum absolute atomic E-state index is 0.00767. The van der Waals surface area contributed by atoms with Crippen LogP contribution in [0, 0.1) is 10.8 Å². The van der Waals surface area contributed by atoms with Gasteiger partial charge in [-0.1, -0.05) is 31.2 Å². The number of aromatic hydroxyl groups is 2. The molecule has 0 saturated carbocycles. The normalized spacial score (nSPS) is 22.3. The van der Waals surface area contributed by atoms with Crippen molar-refractivity contribution in [2.24, 2.45) is 11.1 Å². The van der Waals surface area contributed by atoms with Gasteiger partial charge in [-0.05, 0) is 28.8 Å². The van der Waals surface area contributed by atoms with Crippen molar-refractivity contribution in [1.29, 1.82) is 0 Å².